The van der Waals surface area contributed by atoms with Crippen molar-refractivity contribution >= 4 is 23.8 Å². The third-order valence-corrected chi connectivity index (χ3v) is 2.92. The number of carbonyl (C=O) groups excluding carboxylic acids is 1. The number of benzene rings is 1. The third-order valence-electron chi connectivity index (χ3n) is 2.92. The summed E-state index contributed by atoms with van der Waals surface area (Å²) in [5, 5.41) is 14.1. The van der Waals surface area contributed by atoms with Crippen molar-refractivity contribution in [2.45, 2.75) is 32.7 Å². The lowest BCUT2D eigenvalue weighted by molar-refractivity contribution is -0.131. The van der Waals surface area contributed by atoms with E-state index in [-0.39, 0.29) is 11.6 Å². The predicted octanol–water partition coefficient (Wildman–Crippen LogP) is 3.09. The van der Waals surface area contributed by atoms with Crippen molar-refractivity contribution in [3.8, 4) is 0 Å². The molecule has 2 amide bonds. The van der Waals surface area contributed by atoms with Crippen LogP contribution in [0.25, 0.3) is 6.08 Å². The van der Waals surface area contributed by atoms with E-state index in [2.05, 4.69) is 10.6 Å². The van der Waals surface area contributed by atoms with Crippen molar-refractivity contribution in [3.63, 3.8) is 0 Å². The quantitative estimate of drug-likeness (QED) is 0.723. The maximum absolute atomic E-state index is 11.8. The van der Waals surface area contributed by atoms with Crippen molar-refractivity contribution in [3.05, 3.63) is 35.9 Å². The summed E-state index contributed by atoms with van der Waals surface area (Å²) in [7, 11) is 0. The summed E-state index contributed by atoms with van der Waals surface area (Å²) in [4.78, 5) is 22.2. The van der Waals surface area contributed by atoms with Gasteiger partial charge in [0.05, 0.1) is 0 Å². The number of hydrogen-bond acceptors (Lipinski definition) is 2. The van der Waals surface area contributed by atoms with Crippen LogP contribution >= 0.6 is 0 Å². The Labute approximate surface area is 118 Å². The fourth-order valence-electron chi connectivity index (χ4n) is 1.40. The Morgan fingerprint density at radius 1 is 1.25 bits per heavy atom. The minimum atomic E-state index is -0.992. The summed E-state index contributed by atoms with van der Waals surface area (Å²) in [6, 6.07) is 6.66. The van der Waals surface area contributed by atoms with E-state index < -0.39 is 5.97 Å². The molecule has 0 radical (unpaired) electrons. The number of rotatable bonds is 5. The van der Waals surface area contributed by atoms with Crippen LogP contribution < -0.4 is 10.6 Å². The molecule has 0 unspecified atom stereocenters. The van der Waals surface area contributed by atoms with Crippen LogP contribution in [0.15, 0.2) is 30.3 Å². The Bertz CT molecular complexity index is 504. The summed E-state index contributed by atoms with van der Waals surface area (Å²) in [6.07, 6.45) is 3.39. The molecule has 0 saturated carbocycles. The van der Waals surface area contributed by atoms with Gasteiger partial charge < -0.3 is 15.7 Å². The first-order chi connectivity index (χ1) is 9.32. The van der Waals surface area contributed by atoms with Gasteiger partial charge in [0.2, 0.25) is 0 Å². The van der Waals surface area contributed by atoms with Gasteiger partial charge in [0.25, 0.3) is 0 Å². The molecule has 0 bridgehead atoms. The maximum atomic E-state index is 11.8. The van der Waals surface area contributed by atoms with Crippen LogP contribution in [0.1, 0.15) is 32.8 Å². The second kappa shape index (κ2) is 6.75. The van der Waals surface area contributed by atoms with E-state index in [1.807, 2.05) is 20.8 Å². The lowest BCUT2D eigenvalue weighted by Gasteiger charge is -2.24. The molecule has 3 N–H and O–H groups in total. The van der Waals surface area contributed by atoms with Gasteiger partial charge in [-0.3, -0.25) is 0 Å². The van der Waals surface area contributed by atoms with E-state index >= 15 is 0 Å². The zero-order chi connectivity index (χ0) is 15.2. The molecule has 0 aliphatic heterocycles. The molecule has 5 nitrogen and oxygen atoms in total. The monoisotopic (exact) mass is 276 g/mol. The zero-order valence-electron chi connectivity index (χ0n) is 11.9. The molecule has 0 heterocycles. The molecule has 0 atom stereocenters. The van der Waals surface area contributed by atoms with Crippen LogP contribution in [0.4, 0.5) is 10.5 Å². The van der Waals surface area contributed by atoms with Crippen molar-refractivity contribution in [2.24, 2.45) is 0 Å². The summed E-state index contributed by atoms with van der Waals surface area (Å²) in [6.45, 7) is 5.91. The smallest absolute Gasteiger partial charge is 0.328 e. The summed E-state index contributed by atoms with van der Waals surface area (Å²) in [5.41, 5.74) is 1.16. The number of amides is 2. The molecule has 5 heteroatoms. The van der Waals surface area contributed by atoms with Gasteiger partial charge in [0.1, 0.15) is 0 Å². The Morgan fingerprint density at radius 3 is 2.35 bits per heavy atom. The van der Waals surface area contributed by atoms with E-state index in [4.69, 9.17) is 5.11 Å². The highest BCUT2D eigenvalue weighted by molar-refractivity contribution is 5.90. The number of anilines is 1. The van der Waals surface area contributed by atoms with E-state index in [0.717, 1.165) is 18.1 Å². The van der Waals surface area contributed by atoms with Crippen LogP contribution in [0.5, 0.6) is 0 Å². The van der Waals surface area contributed by atoms with Crippen LogP contribution in [0, 0.1) is 0 Å². The number of hydrogen-bond donors (Lipinski definition) is 3. The molecule has 1 aromatic carbocycles. The molecule has 0 aliphatic carbocycles. The predicted molar refractivity (Wildman–Crippen MR) is 79.6 cm³/mol. The summed E-state index contributed by atoms with van der Waals surface area (Å²) >= 11 is 0. The largest absolute Gasteiger partial charge is 0.478 e. The van der Waals surface area contributed by atoms with Crippen molar-refractivity contribution in [2.75, 3.05) is 5.32 Å². The molecular formula is C15H20N2O3. The Balaban J connectivity index is 2.61. The first kappa shape index (κ1) is 15.8. The second-order valence-electron chi connectivity index (χ2n) is 5.11. The highest BCUT2D eigenvalue weighted by Crippen LogP contribution is 2.12. The molecule has 0 fully saturated rings. The lowest BCUT2D eigenvalue weighted by Crippen LogP contribution is -2.45. The van der Waals surface area contributed by atoms with Crippen LogP contribution in [0.2, 0.25) is 0 Å². The van der Waals surface area contributed by atoms with Crippen molar-refractivity contribution in [1.82, 2.24) is 5.32 Å². The summed E-state index contributed by atoms with van der Waals surface area (Å²) < 4.78 is 0. The molecule has 20 heavy (non-hydrogen) atoms. The Kier molecular flexibility index (Phi) is 5.32. The van der Waals surface area contributed by atoms with Gasteiger partial charge in [-0.15, -0.1) is 0 Å². The molecule has 0 spiro atoms. The molecule has 1 aromatic rings. The van der Waals surface area contributed by atoms with Gasteiger partial charge in [-0.2, -0.15) is 0 Å². The first-order valence-corrected chi connectivity index (χ1v) is 6.42. The number of aliphatic carboxylic acids is 1. The average molecular weight is 276 g/mol. The van der Waals surface area contributed by atoms with Gasteiger partial charge in [-0.05, 0) is 44.0 Å². The van der Waals surface area contributed by atoms with E-state index in [9.17, 15) is 9.59 Å². The van der Waals surface area contributed by atoms with Gasteiger partial charge in [0, 0.05) is 17.3 Å². The molecular weight excluding hydrogens is 256 g/mol. The maximum Gasteiger partial charge on any atom is 0.328 e. The van der Waals surface area contributed by atoms with Crippen LogP contribution in [-0.2, 0) is 4.79 Å². The first-order valence-electron chi connectivity index (χ1n) is 6.42. The fraction of sp³-hybridized carbons (Fsp3) is 0.333. The average Bonchev–Trinajstić information content (AvgIpc) is 2.37. The van der Waals surface area contributed by atoms with Gasteiger partial charge in [-0.1, -0.05) is 19.1 Å². The van der Waals surface area contributed by atoms with Crippen molar-refractivity contribution < 1.29 is 14.7 Å². The van der Waals surface area contributed by atoms with E-state index in [0.29, 0.717) is 5.69 Å². The molecule has 0 aliphatic rings. The van der Waals surface area contributed by atoms with Gasteiger partial charge in [-0.25, -0.2) is 9.59 Å². The number of urea groups is 1. The standard InChI is InChI=1S/C15H20N2O3/c1-4-15(2,3)17-14(20)16-12-8-5-11(6-9-12)7-10-13(18)19/h5-10H,4H2,1-3H3,(H,18,19)(H2,16,17,20). The Hall–Kier alpha value is -2.30. The van der Waals surface area contributed by atoms with E-state index in [1.54, 1.807) is 24.3 Å². The Morgan fingerprint density at radius 2 is 1.85 bits per heavy atom. The minimum Gasteiger partial charge on any atom is -0.478 e. The normalized spacial score (nSPS) is 11.3. The minimum absolute atomic E-state index is 0.256. The highest BCUT2D eigenvalue weighted by Gasteiger charge is 2.17. The van der Waals surface area contributed by atoms with E-state index in [1.165, 1.54) is 6.08 Å². The molecule has 0 aromatic heterocycles. The topological polar surface area (TPSA) is 78.4 Å². The van der Waals surface area contributed by atoms with Crippen LogP contribution in [0.3, 0.4) is 0 Å². The molecule has 0 saturated heterocycles. The second-order valence-corrected chi connectivity index (χ2v) is 5.11. The number of nitrogens with one attached hydrogen (secondary N) is 2. The van der Waals surface area contributed by atoms with Crippen molar-refractivity contribution in [1.29, 1.82) is 0 Å². The van der Waals surface area contributed by atoms with Gasteiger partial charge in [0.15, 0.2) is 0 Å². The molecule has 1 rings (SSSR count). The fourth-order valence-corrected chi connectivity index (χ4v) is 1.40. The zero-order valence-corrected chi connectivity index (χ0v) is 11.9. The lowest BCUT2D eigenvalue weighted by atomic mass is 10.0. The summed E-state index contributed by atoms with van der Waals surface area (Å²) in [5.74, 6) is -0.992. The third kappa shape index (κ3) is 5.56. The SMILES string of the molecule is CCC(C)(C)NC(=O)Nc1ccc(C=CC(=O)O)cc1. The van der Waals surface area contributed by atoms with Gasteiger partial charge >= 0.3 is 12.0 Å². The number of carboxylic acid groups (broad SMARTS) is 1. The molecule has 108 valence electrons. The number of carbonyl (C=O) groups is 2. The number of carboxylic acids is 1. The van der Waals surface area contributed by atoms with Crippen LogP contribution in [-0.4, -0.2) is 22.6 Å². The highest BCUT2D eigenvalue weighted by atomic mass is 16.4.